The molecule has 0 saturated heterocycles. The van der Waals surface area contributed by atoms with Gasteiger partial charge in [0.05, 0.1) is 8.07 Å². The molecule has 2 unspecified atom stereocenters. The molecule has 3 heteroatoms. The largest absolute Gasteiger partial charge is 0.417 e. The molecule has 0 saturated carbocycles. The summed E-state index contributed by atoms with van der Waals surface area (Å²) >= 11 is 0. The van der Waals surface area contributed by atoms with Crippen LogP contribution in [0.4, 0.5) is 0 Å². The van der Waals surface area contributed by atoms with E-state index >= 15 is 0 Å². The van der Waals surface area contributed by atoms with E-state index < -0.39 is 16.4 Å². The molecule has 0 N–H and O–H groups in total. The van der Waals surface area contributed by atoms with Crippen LogP contribution in [0.15, 0.2) is 0 Å². The molecule has 0 aliphatic heterocycles. The minimum atomic E-state index is -1.57. The van der Waals surface area contributed by atoms with Gasteiger partial charge in [-0.1, -0.05) is 60.2 Å². The Morgan fingerprint density at radius 3 is 1.67 bits per heavy atom. The summed E-state index contributed by atoms with van der Waals surface area (Å²) in [6.45, 7) is 21.5. The third-order valence-corrected chi connectivity index (χ3v) is 12.8. The van der Waals surface area contributed by atoms with Crippen molar-refractivity contribution in [2.75, 3.05) is 0 Å². The van der Waals surface area contributed by atoms with Crippen LogP contribution >= 0.6 is 0 Å². The van der Waals surface area contributed by atoms with Crippen molar-refractivity contribution in [2.45, 2.75) is 91.0 Å². The van der Waals surface area contributed by atoms with Gasteiger partial charge in [-0.15, -0.1) is 0 Å². The molecule has 0 aliphatic rings. The predicted octanol–water partition coefficient (Wildman–Crippen LogP) is 5.69. The highest BCUT2D eigenvalue weighted by Gasteiger charge is 2.40. The number of rotatable bonds is 8. The molecule has 0 bridgehead atoms. The quantitative estimate of drug-likeness (QED) is 0.521. The van der Waals surface area contributed by atoms with Crippen molar-refractivity contribution >= 4 is 16.4 Å². The van der Waals surface area contributed by atoms with Gasteiger partial charge in [0, 0.05) is 5.73 Å². The summed E-state index contributed by atoms with van der Waals surface area (Å²) in [5.41, 5.74) is 1.34. The molecule has 18 heavy (non-hydrogen) atoms. The smallest absolute Gasteiger partial charge is 0.189 e. The maximum Gasteiger partial charge on any atom is 0.189 e. The third-order valence-electron chi connectivity index (χ3n) is 4.74. The summed E-state index contributed by atoms with van der Waals surface area (Å²) in [4.78, 5) is 0. The molecule has 0 rings (SSSR count). The first kappa shape index (κ1) is 18.4. The lowest BCUT2D eigenvalue weighted by atomic mass is 10.1. The monoisotopic (exact) mass is 288 g/mol. The van der Waals surface area contributed by atoms with Crippen LogP contribution in [0.2, 0.25) is 37.8 Å². The molecule has 0 radical (unpaired) electrons. The maximum absolute atomic E-state index is 6.76. The first-order valence-electron chi connectivity index (χ1n) is 7.80. The zero-order chi connectivity index (χ0) is 14.6. The second-order valence-corrected chi connectivity index (χ2v) is 16.7. The van der Waals surface area contributed by atoms with Gasteiger partial charge in [-0.25, -0.2) is 0 Å². The van der Waals surface area contributed by atoms with Gasteiger partial charge in [0.1, 0.15) is 0 Å². The highest BCUT2D eigenvalue weighted by Crippen LogP contribution is 2.36. The maximum atomic E-state index is 6.76. The van der Waals surface area contributed by atoms with Crippen LogP contribution in [0.25, 0.3) is 0 Å². The molecule has 0 aromatic rings. The van der Waals surface area contributed by atoms with E-state index in [4.69, 9.17) is 4.43 Å². The summed E-state index contributed by atoms with van der Waals surface area (Å²) in [7, 11) is -2.77. The fourth-order valence-corrected chi connectivity index (χ4v) is 10.7. The van der Waals surface area contributed by atoms with E-state index in [0.29, 0.717) is 5.73 Å². The van der Waals surface area contributed by atoms with Crippen LogP contribution in [-0.4, -0.2) is 22.1 Å². The Balaban J connectivity index is 4.92. The van der Waals surface area contributed by atoms with Gasteiger partial charge in [-0.05, 0) is 31.0 Å². The molecule has 2 atom stereocenters. The van der Waals surface area contributed by atoms with Crippen molar-refractivity contribution in [1.82, 2.24) is 0 Å². The number of hydrogen-bond donors (Lipinski definition) is 0. The lowest BCUT2D eigenvalue weighted by Crippen LogP contribution is -2.51. The Hall–Kier alpha value is 0.394. The van der Waals surface area contributed by atoms with E-state index in [-0.39, 0.29) is 0 Å². The Labute approximate surface area is 118 Å². The van der Waals surface area contributed by atoms with E-state index in [1.807, 2.05) is 0 Å². The molecule has 0 spiro atoms. The average Bonchev–Trinajstić information content (AvgIpc) is 2.25. The second kappa shape index (κ2) is 7.25. The third kappa shape index (κ3) is 4.82. The van der Waals surface area contributed by atoms with E-state index in [1.54, 1.807) is 0 Å². The Morgan fingerprint density at radius 2 is 1.39 bits per heavy atom. The Kier molecular flexibility index (Phi) is 7.41. The van der Waals surface area contributed by atoms with E-state index in [0.717, 1.165) is 11.5 Å². The van der Waals surface area contributed by atoms with Crippen LogP contribution in [0, 0.1) is 5.92 Å². The number of hydrogen-bond acceptors (Lipinski definition) is 1. The molecular formula is C15H36OSi2. The Bertz CT molecular complexity index is 237. The zero-order valence-corrected chi connectivity index (χ0v) is 16.3. The molecular weight excluding hydrogens is 252 g/mol. The SMILES string of the molecule is CCC(O[Si](C)(C)C(CC)C(C)C)[Si](C)(C)CC. The second-order valence-electron chi connectivity index (χ2n) is 7.22. The van der Waals surface area contributed by atoms with Crippen molar-refractivity contribution in [3.8, 4) is 0 Å². The minimum Gasteiger partial charge on any atom is -0.417 e. The van der Waals surface area contributed by atoms with Crippen LogP contribution in [-0.2, 0) is 4.43 Å². The van der Waals surface area contributed by atoms with Gasteiger partial charge in [0.2, 0.25) is 0 Å². The summed E-state index contributed by atoms with van der Waals surface area (Å²) in [6.07, 6.45) is 2.46. The molecule has 110 valence electrons. The van der Waals surface area contributed by atoms with Crippen molar-refractivity contribution in [1.29, 1.82) is 0 Å². The molecule has 0 fully saturated rings. The van der Waals surface area contributed by atoms with Gasteiger partial charge in [-0.3, -0.25) is 0 Å². The molecule has 1 nitrogen and oxygen atoms in total. The van der Waals surface area contributed by atoms with Crippen molar-refractivity contribution in [3.05, 3.63) is 0 Å². The predicted molar refractivity (Wildman–Crippen MR) is 89.5 cm³/mol. The van der Waals surface area contributed by atoms with Gasteiger partial charge >= 0.3 is 0 Å². The summed E-state index contributed by atoms with van der Waals surface area (Å²) in [5, 5.41) is 0. The van der Waals surface area contributed by atoms with Gasteiger partial charge in [-0.2, -0.15) is 0 Å². The van der Waals surface area contributed by atoms with Crippen LogP contribution in [0.3, 0.4) is 0 Å². The zero-order valence-electron chi connectivity index (χ0n) is 14.3. The molecule has 0 amide bonds. The minimum absolute atomic E-state index is 0.553. The first-order valence-corrected chi connectivity index (χ1v) is 14.1. The van der Waals surface area contributed by atoms with E-state index in [9.17, 15) is 0 Å². The van der Waals surface area contributed by atoms with E-state index in [2.05, 4.69) is 60.8 Å². The van der Waals surface area contributed by atoms with Crippen LogP contribution in [0.5, 0.6) is 0 Å². The van der Waals surface area contributed by atoms with Gasteiger partial charge < -0.3 is 4.43 Å². The average molecular weight is 289 g/mol. The first-order chi connectivity index (χ1) is 8.12. The molecule has 0 aromatic heterocycles. The lowest BCUT2D eigenvalue weighted by molar-refractivity contribution is 0.239. The lowest BCUT2D eigenvalue weighted by Gasteiger charge is -2.42. The standard InChI is InChI=1S/C15H36OSi2/c1-10-14(13(4)5)18(8,9)16-15(11-2)17(6,7)12-3/h13-15H,10-12H2,1-9H3. The van der Waals surface area contributed by atoms with E-state index in [1.165, 1.54) is 18.9 Å². The van der Waals surface area contributed by atoms with Crippen LogP contribution in [0.1, 0.15) is 47.5 Å². The van der Waals surface area contributed by atoms with Crippen LogP contribution < -0.4 is 0 Å². The van der Waals surface area contributed by atoms with Crippen molar-refractivity contribution < 1.29 is 4.43 Å². The topological polar surface area (TPSA) is 9.23 Å². The fraction of sp³-hybridized carbons (Fsp3) is 1.00. The summed E-state index contributed by atoms with van der Waals surface area (Å²) in [5.74, 6) is 0.751. The molecule has 0 aromatic carbocycles. The van der Waals surface area contributed by atoms with Gasteiger partial charge in [0.25, 0.3) is 0 Å². The van der Waals surface area contributed by atoms with Crippen molar-refractivity contribution in [2.24, 2.45) is 5.92 Å². The fourth-order valence-electron chi connectivity index (χ4n) is 3.24. The highest BCUT2D eigenvalue weighted by atomic mass is 28.4. The summed E-state index contributed by atoms with van der Waals surface area (Å²) < 4.78 is 6.76. The molecule has 0 heterocycles. The van der Waals surface area contributed by atoms with Gasteiger partial charge in [0.15, 0.2) is 8.32 Å². The highest BCUT2D eigenvalue weighted by molar-refractivity contribution is 6.80. The Morgan fingerprint density at radius 1 is 0.889 bits per heavy atom. The normalized spacial score (nSPS) is 17.0. The van der Waals surface area contributed by atoms with Crippen molar-refractivity contribution in [3.63, 3.8) is 0 Å². The molecule has 0 aliphatic carbocycles. The summed E-state index contributed by atoms with van der Waals surface area (Å²) in [6, 6.07) is 1.33.